The first-order chi connectivity index (χ1) is 12.7. The van der Waals surface area contributed by atoms with Gasteiger partial charge in [0.05, 0.1) is 5.69 Å². The number of benzene rings is 1. The standard InChI is InChI=1S/C20H22N4OS/c1-15-12-21-9-11-24(15)20(25)16-5-7-18(8-6-16)26-14-17-13-23-10-3-2-4-19(23)22-17/h2-8,10,13,15,21H,9,11-12,14H2,1H3/t15-/m0/s1. The number of hydrogen-bond donors (Lipinski definition) is 1. The van der Waals surface area contributed by atoms with E-state index in [-0.39, 0.29) is 11.9 Å². The summed E-state index contributed by atoms with van der Waals surface area (Å²) in [6.07, 6.45) is 4.07. The van der Waals surface area contributed by atoms with E-state index in [1.54, 1.807) is 11.8 Å². The summed E-state index contributed by atoms with van der Waals surface area (Å²) in [6, 6.07) is 14.2. The molecule has 1 N–H and O–H groups in total. The molecule has 1 atom stereocenters. The lowest BCUT2D eigenvalue weighted by atomic mass is 10.1. The van der Waals surface area contributed by atoms with Crippen LogP contribution in [0.1, 0.15) is 23.0 Å². The predicted molar refractivity (Wildman–Crippen MR) is 105 cm³/mol. The van der Waals surface area contributed by atoms with E-state index in [0.29, 0.717) is 0 Å². The van der Waals surface area contributed by atoms with Crippen molar-refractivity contribution in [2.45, 2.75) is 23.6 Å². The Hall–Kier alpha value is -2.31. The SMILES string of the molecule is C[C@H]1CNCCN1C(=O)c1ccc(SCc2cn3ccccc3n2)cc1. The van der Waals surface area contributed by atoms with Crippen molar-refractivity contribution in [3.8, 4) is 0 Å². The van der Waals surface area contributed by atoms with E-state index < -0.39 is 0 Å². The minimum Gasteiger partial charge on any atom is -0.333 e. The number of nitrogens with zero attached hydrogens (tertiary/aromatic N) is 3. The molecule has 5 nitrogen and oxygen atoms in total. The molecule has 2 aromatic heterocycles. The van der Waals surface area contributed by atoms with Crippen molar-refractivity contribution in [1.82, 2.24) is 19.6 Å². The third kappa shape index (κ3) is 3.61. The summed E-state index contributed by atoms with van der Waals surface area (Å²) in [7, 11) is 0. The van der Waals surface area contributed by atoms with Gasteiger partial charge in [-0.15, -0.1) is 11.8 Å². The molecule has 0 saturated carbocycles. The number of aromatic nitrogens is 2. The average molecular weight is 366 g/mol. The normalized spacial score (nSPS) is 17.6. The highest BCUT2D eigenvalue weighted by molar-refractivity contribution is 7.98. The van der Waals surface area contributed by atoms with Crippen LogP contribution in [-0.2, 0) is 5.75 Å². The van der Waals surface area contributed by atoms with Gasteiger partial charge in [-0.05, 0) is 43.3 Å². The summed E-state index contributed by atoms with van der Waals surface area (Å²) in [5.74, 6) is 0.931. The third-order valence-electron chi connectivity index (χ3n) is 4.66. The first kappa shape index (κ1) is 17.1. The number of thioether (sulfide) groups is 1. The Labute approximate surface area is 157 Å². The van der Waals surface area contributed by atoms with Crippen molar-refractivity contribution in [3.63, 3.8) is 0 Å². The van der Waals surface area contributed by atoms with Gasteiger partial charge in [-0.2, -0.15) is 0 Å². The van der Waals surface area contributed by atoms with Gasteiger partial charge in [-0.1, -0.05) is 6.07 Å². The highest BCUT2D eigenvalue weighted by atomic mass is 32.2. The summed E-state index contributed by atoms with van der Waals surface area (Å²) in [4.78, 5) is 20.4. The first-order valence-electron chi connectivity index (χ1n) is 8.88. The fraction of sp³-hybridized carbons (Fsp3) is 0.300. The molecule has 1 aromatic carbocycles. The third-order valence-corrected chi connectivity index (χ3v) is 5.71. The minimum atomic E-state index is 0.121. The van der Waals surface area contributed by atoms with Gasteiger partial charge in [0.25, 0.3) is 5.91 Å². The van der Waals surface area contributed by atoms with Crippen LogP contribution in [0.3, 0.4) is 0 Å². The summed E-state index contributed by atoms with van der Waals surface area (Å²) >= 11 is 1.73. The topological polar surface area (TPSA) is 49.6 Å². The molecular formula is C20H22N4OS. The van der Waals surface area contributed by atoms with Crippen LogP contribution in [0.2, 0.25) is 0 Å². The highest BCUT2D eigenvalue weighted by Crippen LogP contribution is 2.23. The second-order valence-corrected chi connectivity index (χ2v) is 7.61. The molecule has 0 spiro atoms. The lowest BCUT2D eigenvalue weighted by Crippen LogP contribution is -2.52. The van der Waals surface area contributed by atoms with Crippen LogP contribution >= 0.6 is 11.8 Å². The highest BCUT2D eigenvalue weighted by Gasteiger charge is 2.23. The molecular weight excluding hydrogens is 344 g/mol. The first-order valence-corrected chi connectivity index (χ1v) is 9.86. The zero-order valence-corrected chi connectivity index (χ0v) is 15.6. The zero-order valence-electron chi connectivity index (χ0n) is 14.8. The maximum atomic E-state index is 12.7. The smallest absolute Gasteiger partial charge is 0.254 e. The van der Waals surface area contributed by atoms with Gasteiger partial charge in [-0.3, -0.25) is 4.79 Å². The fourth-order valence-electron chi connectivity index (χ4n) is 3.22. The molecule has 0 radical (unpaired) electrons. The average Bonchev–Trinajstić information content (AvgIpc) is 3.10. The second kappa shape index (κ2) is 7.51. The van der Waals surface area contributed by atoms with Crippen molar-refractivity contribution in [2.75, 3.05) is 19.6 Å². The molecule has 1 amide bonds. The second-order valence-electron chi connectivity index (χ2n) is 6.56. The summed E-state index contributed by atoms with van der Waals surface area (Å²) in [6.45, 7) is 4.58. The molecule has 1 aliphatic rings. The number of pyridine rings is 1. The minimum absolute atomic E-state index is 0.121. The molecule has 1 saturated heterocycles. The molecule has 134 valence electrons. The van der Waals surface area contributed by atoms with Gasteiger partial charge in [0, 0.05) is 54.3 Å². The monoisotopic (exact) mass is 366 g/mol. The summed E-state index contributed by atoms with van der Waals surface area (Å²) in [5.41, 5.74) is 2.78. The maximum absolute atomic E-state index is 12.7. The maximum Gasteiger partial charge on any atom is 0.254 e. The number of amides is 1. The molecule has 1 fully saturated rings. The van der Waals surface area contributed by atoms with Crippen molar-refractivity contribution < 1.29 is 4.79 Å². The fourth-order valence-corrected chi connectivity index (χ4v) is 4.00. The van der Waals surface area contributed by atoms with E-state index in [9.17, 15) is 4.79 Å². The van der Waals surface area contributed by atoms with Gasteiger partial charge in [0.2, 0.25) is 0 Å². The van der Waals surface area contributed by atoms with Crippen LogP contribution in [-0.4, -0.2) is 45.9 Å². The summed E-state index contributed by atoms with van der Waals surface area (Å²) in [5, 5.41) is 3.32. The number of nitrogens with one attached hydrogen (secondary N) is 1. The quantitative estimate of drug-likeness (QED) is 0.721. The Morgan fingerprint density at radius 2 is 2.12 bits per heavy atom. The molecule has 0 aliphatic carbocycles. The number of fused-ring (bicyclic) bond motifs is 1. The lowest BCUT2D eigenvalue weighted by Gasteiger charge is -2.34. The van der Waals surface area contributed by atoms with Gasteiger partial charge < -0.3 is 14.6 Å². The van der Waals surface area contributed by atoms with E-state index >= 15 is 0 Å². The van der Waals surface area contributed by atoms with Crippen LogP contribution in [0, 0.1) is 0 Å². The Kier molecular flexibility index (Phi) is 4.95. The van der Waals surface area contributed by atoms with Crippen LogP contribution in [0.15, 0.2) is 59.8 Å². The van der Waals surface area contributed by atoms with Gasteiger partial charge in [0.15, 0.2) is 0 Å². The van der Waals surface area contributed by atoms with Crippen molar-refractivity contribution in [2.24, 2.45) is 0 Å². The number of carbonyl (C=O) groups excluding carboxylic acids is 1. The van der Waals surface area contributed by atoms with Crippen LogP contribution < -0.4 is 5.32 Å². The molecule has 0 unspecified atom stereocenters. The number of imidazole rings is 1. The van der Waals surface area contributed by atoms with E-state index in [2.05, 4.69) is 23.4 Å². The van der Waals surface area contributed by atoms with E-state index in [1.165, 1.54) is 0 Å². The Morgan fingerprint density at radius 1 is 1.27 bits per heavy atom. The largest absolute Gasteiger partial charge is 0.333 e. The van der Waals surface area contributed by atoms with Gasteiger partial charge in [0.1, 0.15) is 5.65 Å². The summed E-state index contributed by atoms with van der Waals surface area (Å²) < 4.78 is 2.03. The number of rotatable bonds is 4. The zero-order chi connectivity index (χ0) is 17.9. The molecule has 1 aliphatic heterocycles. The van der Waals surface area contributed by atoms with Crippen LogP contribution in [0.25, 0.3) is 5.65 Å². The molecule has 4 rings (SSSR count). The van der Waals surface area contributed by atoms with Gasteiger partial charge in [-0.25, -0.2) is 4.98 Å². The number of carbonyl (C=O) groups is 1. The molecule has 0 bridgehead atoms. The molecule has 6 heteroatoms. The van der Waals surface area contributed by atoms with Crippen LogP contribution in [0.5, 0.6) is 0 Å². The molecule has 26 heavy (non-hydrogen) atoms. The van der Waals surface area contributed by atoms with E-state index in [0.717, 1.165) is 47.2 Å². The lowest BCUT2D eigenvalue weighted by molar-refractivity contribution is 0.0655. The van der Waals surface area contributed by atoms with Crippen LogP contribution in [0.4, 0.5) is 0 Å². The van der Waals surface area contributed by atoms with Crippen molar-refractivity contribution >= 4 is 23.3 Å². The Morgan fingerprint density at radius 3 is 2.88 bits per heavy atom. The van der Waals surface area contributed by atoms with Gasteiger partial charge >= 0.3 is 0 Å². The molecule has 3 heterocycles. The van der Waals surface area contributed by atoms with E-state index in [1.807, 2.05) is 58.0 Å². The van der Waals surface area contributed by atoms with E-state index in [4.69, 9.17) is 0 Å². The Balaban J connectivity index is 1.40. The number of hydrogen-bond acceptors (Lipinski definition) is 4. The Bertz CT molecular complexity index is 873. The predicted octanol–water partition coefficient (Wildman–Crippen LogP) is 3.06. The molecule has 3 aromatic rings. The number of piperazine rings is 1. The van der Waals surface area contributed by atoms with Crippen molar-refractivity contribution in [1.29, 1.82) is 0 Å². The van der Waals surface area contributed by atoms with Crippen molar-refractivity contribution in [3.05, 3.63) is 66.1 Å².